The fourth-order valence-electron chi connectivity index (χ4n) is 2.72. The van der Waals surface area contributed by atoms with Gasteiger partial charge in [0.2, 0.25) is 0 Å². The van der Waals surface area contributed by atoms with Gasteiger partial charge in [0.25, 0.3) is 5.91 Å². The Hall–Kier alpha value is -3.35. The third-order valence-electron chi connectivity index (χ3n) is 4.35. The summed E-state index contributed by atoms with van der Waals surface area (Å²) in [5.41, 5.74) is 1.08. The van der Waals surface area contributed by atoms with Crippen molar-refractivity contribution in [3.05, 3.63) is 65.7 Å². The highest BCUT2D eigenvalue weighted by Gasteiger charge is 2.20. The number of hydrogen-bond acceptors (Lipinski definition) is 5. The summed E-state index contributed by atoms with van der Waals surface area (Å²) in [5, 5.41) is 5.38. The van der Waals surface area contributed by atoms with E-state index in [4.69, 9.17) is 9.47 Å². The van der Waals surface area contributed by atoms with E-state index in [-0.39, 0.29) is 17.4 Å². The fourth-order valence-corrected chi connectivity index (χ4v) is 2.72. The number of benzene rings is 2. The summed E-state index contributed by atoms with van der Waals surface area (Å²) >= 11 is 0. The van der Waals surface area contributed by atoms with Crippen LogP contribution < -0.4 is 10.6 Å². The van der Waals surface area contributed by atoms with E-state index in [1.54, 1.807) is 39.0 Å². The molecule has 2 aromatic rings. The van der Waals surface area contributed by atoms with Crippen LogP contribution in [0.25, 0.3) is 0 Å². The molecule has 0 radical (unpaired) electrons. The van der Waals surface area contributed by atoms with Crippen molar-refractivity contribution in [3.63, 3.8) is 0 Å². The van der Waals surface area contributed by atoms with Gasteiger partial charge >= 0.3 is 12.1 Å². The molecule has 0 fully saturated rings. The molecular formula is C24H30N2O5. The highest BCUT2D eigenvalue weighted by atomic mass is 16.6. The minimum absolute atomic E-state index is 0.128. The van der Waals surface area contributed by atoms with Gasteiger partial charge in [0.15, 0.2) is 6.10 Å². The third kappa shape index (κ3) is 8.12. The summed E-state index contributed by atoms with van der Waals surface area (Å²) in [5.74, 6) is -0.908. The molecule has 2 atom stereocenters. The number of nitrogens with one attached hydrogen (secondary N) is 2. The predicted molar refractivity (Wildman–Crippen MR) is 119 cm³/mol. The van der Waals surface area contributed by atoms with Gasteiger partial charge < -0.3 is 14.8 Å². The van der Waals surface area contributed by atoms with E-state index < -0.39 is 23.8 Å². The normalized spacial score (nSPS) is 12.9. The first kappa shape index (κ1) is 23.9. The van der Waals surface area contributed by atoms with E-state index in [1.165, 1.54) is 13.0 Å². The first-order valence-corrected chi connectivity index (χ1v) is 10.2. The molecule has 0 bridgehead atoms. The Balaban J connectivity index is 1.89. The van der Waals surface area contributed by atoms with E-state index >= 15 is 0 Å². The van der Waals surface area contributed by atoms with Crippen LogP contribution >= 0.6 is 0 Å². The van der Waals surface area contributed by atoms with E-state index in [0.717, 1.165) is 5.56 Å². The van der Waals surface area contributed by atoms with Gasteiger partial charge in [-0.25, -0.2) is 9.59 Å². The van der Waals surface area contributed by atoms with Gasteiger partial charge in [-0.2, -0.15) is 0 Å². The minimum atomic E-state index is -0.960. The summed E-state index contributed by atoms with van der Waals surface area (Å²) in [6.07, 6.45) is -1.59. The van der Waals surface area contributed by atoms with Crippen molar-refractivity contribution >= 4 is 23.7 Å². The zero-order chi connectivity index (χ0) is 23.0. The van der Waals surface area contributed by atoms with Gasteiger partial charge in [-0.15, -0.1) is 0 Å². The topological polar surface area (TPSA) is 93.7 Å². The van der Waals surface area contributed by atoms with Crippen molar-refractivity contribution in [2.45, 2.75) is 52.2 Å². The number of esters is 1. The maximum Gasteiger partial charge on any atom is 0.412 e. The maximum absolute atomic E-state index is 12.4. The van der Waals surface area contributed by atoms with Gasteiger partial charge in [-0.1, -0.05) is 43.3 Å². The van der Waals surface area contributed by atoms with Gasteiger partial charge in [-0.05, 0) is 57.4 Å². The van der Waals surface area contributed by atoms with Gasteiger partial charge in [0.05, 0.1) is 5.56 Å². The lowest BCUT2D eigenvalue weighted by Crippen LogP contribution is -2.37. The van der Waals surface area contributed by atoms with Crippen LogP contribution in [0.2, 0.25) is 0 Å². The molecular weight excluding hydrogens is 396 g/mol. The molecule has 0 aliphatic rings. The van der Waals surface area contributed by atoms with Crippen LogP contribution in [0.4, 0.5) is 10.5 Å². The summed E-state index contributed by atoms with van der Waals surface area (Å²) in [6.45, 7) is 9.23. The second-order valence-electron chi connectivity index (χ2n) is 8.31. The fraction of sp³-hybridized carbons (Fsp3) is 0.375. The van der Waals surface area contributed by atoms with Gasteiger partial charge in [0.1, 0.15) is 5.60 Å². The van der Waals surface area contributed by atoms with Crippen LogP contribution in [-0.4, -0.2) is 36.2 Å². The number of rotatable bonds is 7. The summed E-state index contributed by atoms with van der Waals surface area (Å²) in [7, 11) is 0. The first-order chi connectivity index (χ1) is 14.5. The van der Waals surface area contributed by atoms with Crippen molar-refractivity contribution in [1.29, 1.82) is 0 Å². The molecule has 7 nitrogen and oxygen atoms in total. The lowest BCUT2D eigenvalue weighted by Gasteiger charge is -2.20. The molecule has 2 rings (SSSR count). The number of hydrogen-bond donors (Lipinski definition) is 2. The monoisotopic (exact) mass is 426 g/mol. The molecule has 2 amide bonds. The highest BCUT2D eigenvalue weighted by Crippen LogP contribution is 2.16. The van der Waals surface area contributed by atoms with Crippen molar-refractivity contribution in [2.24, 2.45) is 0 Å². The molecule has 0 aromatic heterocycles. The number of ether oxygens (including phenoxy) is 2. The SMILES string of the molecule is C[C@H](OC(=O)c1cccc(NC(=O)OC(C)(C)C)c1)C(=O)NC[C@@H](C)c1ccccc1. The molecule has 2 aromatic carbocycles. The maximum atomic E-state index is 12.4. The highest BCUT2D eigenvalue weighted by molar-refractivity contribution is 5.94. The average molecular weight is 427 g/mol. The average Bonchev–Trinajstić information content (AvgIpc) is 2.71. The van der Waals surface area contributed by atoms with Crippen molar-refractivity contribution in [3.8, 4) is 0 Å². The number of amides is 2. The van der Waals surface area contributed by atoms with Crippen LogP contribution in [0.15, 0.2) is 54.6 Å². The Kier molecular flexibility index (Phi) is 8.19. The molecule has 0 saturated carbocycles. The smallest absolute Gasteiger partial charge is 0.412 e. The Morgan fingerprint density at radius 3 is 2.29 bits per heavy atom. The van der Waals surface area contributed by atoms with Crippen LogP contribution in [0, 0.1) is 0 Å². The zero-order valence-corrected chi connectivity index (χ0v) is 18.6. The van der Waals surface area contributed by atoms with Crippen LogP contribution in [0.5, 0.6) is 0 Å². The second-order valence-corrected chi connectivity index (χ2v) is 8.31. The minimum Gasteiger partial charge on any atom is -0.449 e. The molecule has 2 N–H and O–H groups in total. The second kappa shape index (κ2) is 10.6. The molecule has 0 unspecified atom stereocenters. The van der Waals surface area contributed by atoms with Crippen LogP contribution in [0.1, 0.15) is 56.5 Å². The zero-order valence-electron chi connectivity index (χ0n) is 18.6. The standard InChI is InChI=1S/C24H30N2O5/c1-16(18-10-7-6-8-11-18)15-25-21(27)17(2)30-22(28)19-12-9-13-20(14-19)26-23(29)31-24(3,4)5/h6-14,16-17H,15H2,1-5H3,(H,25,27)(H,26,29)/t16-,17+/m1/s1. The Bertz CT molecular complexity index is 906. The third-order valence-corrected chi connectivity index (χ3v) is 4.35. The lowest BCUT2D eigenvalue weighted by atomic mass is 10.0. The molecule has 31 heavy (non-hydrogen) atoms. The lowest BCUT2D eigenvalue weighted by molar-refractivity contribution is -0.129. The van der Waals surface area contributed by atoms with Crippen molar-refractivity contribution < 1.29 is 23.9 Å². The Labute approximate surface area is 183 Å². The number of carbonyl (C=O) groups is 3. The number of anilines is 1. The summed E-state index contributed by atoms with van der Waals surface area (Å²) in [6, 6.07) is 16.1. The van der Waals surface area contributed by atoms with Crippen LogP contribution in [-0.2, 0) is 14.3 Å². The van der Waals surface area contributed by atoms with Gasteiger partial charge in [-0.3, -0.25) is 10.1 Å². The predicted octanol–water partition coefficient (Wildman–Crippen LogP) is 4.50. The van der Waals surface area contributed by atoms with Crippen molar-refractivity contribution in [2.75, 3.05) is 11.9 Å². The van der Waals surface area contributed by atoms with E-state index in [1.807, 2.05) is 37.3 Å². The van der Waals surface area contributed by atoms with Crippen LogP contribution in [0.3, 0.4) is 0 Å². The Morgan fingerprint density at radius 2 is 1.65 bits per heavy atom. The van der Waals surface area contributed by atoms with E-state index in [0.29, 0.717) is 12.2 Å². The summed E-state index contributed by atoms with van der Waals surface area (Å²) < 4.78 is 10.5. The largest absolute Gasteiger partial charge is 0.449 e. The quantitative estimate of drug-likeness (QED) is 0.636. The van der Waals surface area contributed by atoms with Crippen molar-refractivity contribution in [1.82, 2.24) is 5.32 Å². The molecule has 0 aliphatic heterocycles. The molecule has 166 valence electrons. The molecule has 0 saturated heterocycles. The molecule has 0 spiro atoms. The molecule has 0 heterocycles. The number of carbonyl (C=O) groups excluding carboxylic acids is 3. The Morgan fingerprint density at radius 1 is 0.968 bits per heavy atom. The summed E-state index contributed by atoms with van der Waals surface area (Å²) in [4.78, 5) is 36.7. The molecule has 0 aliphatic carbocycles. The van der Waals surface area contributed by atoms with E-state index in [9.17, 15) is 14.4 Å². The first-order valence-electron chi connectivity index (χ1n) is 10.2. The van der Waals surface area contributed by atoms with E-state index in [2.05, 4.69) is 10.6 Å². The van der Waals surface area contributed by atoms with Gasteiger partial charge in [0, 0.05) is 12.2 Å². The molecule has 7 heteroatoms.